The Morgan fingerprint density at radius 3 is 2.52 bits per heavy atom. The molecule has 1 amide bonds. The second-order valence-electron chi connectivity index (χ2n) is 6.86. The van der Waals surface area contributed by atoms with Crippen LogP contribution in [0.15, 0.2) is 18.2 Å². The molecule has 1 aliphatic rings. The van der Waals surface area contributed by atoms with Crippen molar-refractivity contribution in [2.24, 2.45) is 11.7 Å². The second-order valence-corrected chi connectivity index (χ2v) is 6.86. The molecule has 0 aliphatic heterocycles. The summed E-state index contributed by atoms with van der Waals surface area (Å²) in [7, 11) is 0. The summed E-state index contributed by atoms with van der Waals surface area (Å²) in [6.07, 6.45) is 5.38. The molecular weight excluding hydrogens is 368 g/mol. The van der Waals surface area contributed by atoms with Crippen LogP contribution < -0.4 is 20.5 Å². The van der Waals surface area contributed by atoms with Crippen LogP contribution in [0.2, 0.25) is 0 Å². The second kappa shape index (κ2) is 12.1. The van der Waals surface area contributed by atoms with Crippen molar-refractivity contribution in [3.63, 3.8) is 0 Å². The van der Waals surface area contributed by atoms with Crippen LogP contribution in [-0.2, 0) is 4.79 Å². The van der Waals surface area contributed by atoms with Gasteiger partial charge in [0.2, 0.25) is 0 Å². The number of aliphatic hydroxyl groups is 1. The van der Waals surface area contributed by atoms with Gasteiger partial charge in [0.1, 0.15) is 17.6 Å². The van der Waals surface area contributed by atoms with E-state index >= 15 is 0 Å². The number of aliphatic hydroxyl groups excluding tert-OH is 1. The highest BCUT2D eigenvalue weighted by Gasteiger charge is 2.27. The standard InChI is InChI=1S/C20H32N2O4.ClH/c1-3-25-15-10-11-18(26-4-2)17(13-15)22-20(24)19(23)16(21)12-14-8-6-5-7-9-14;/h10-11,13-14,16,19,23H,3-9,12,21H2,1-2H3,(H,22,24);1H. The van der Waals surface area contributed by atoms with Crippen molar-refractivity contribution in [2.45, 2.75) is 64.5 Å². The van der Waals surface area contributed by atoms with Gasteiger partial charge in [0.05, 0.1) is 18.9 Å². The molecule has 0 aromatic heterocycles. The fraction of sp³-hybridized carbons (Fsp3) is 0.650. The predicted molar refractivity (Wildman–Crippen MR) is 110 cm³/mol. The maximum atomic E-state index is 12.5. The maximum absolute atomic E-state index is 12.5. The van der Waals surface area contributed by atoms with Gasteiger partial charge >= 0.3 is 0 Å². The largest absolute Gasteiger partial charge is 0.494 e. The highest BCUT2D eigenvalue weighted by Crippen LogP contribution is 2.30. The maximum Gasteiger partial charge on any atom is 0.254 e. The SMILES string of the molecule is CCOc1ccc(OCC)c(NC(=O)C(O)C(N)CC2CCCCC2)c1.Cl. The molecule has 1 aromatic rings. The van der Waals surface area contributed by atoms with Gasteiger partial charge in [-0.25, -0.2) is 0 Å². The molecule has 1 aromatic carbocycles. The minimum Gasteiger partial charge on any atom is -0.494 e. The number of ether oxygens (including phenoxy) is 2. The number of carbonyl (C=O) groups is 1. The summed E-state index contributed by atoms with van der Waals surface area (Å²) in [4.78, 5) is 12.5. The molecule has 0 spiro atoms. The Hall–Kier alpha value is -1.50. The Morgan fingerprint density at radius 1 is 1.22 bits per heavy atom. The van der Waals surface area contributed by atoms with Crippen LogP contribution in [0.3, 0.4) is 0 Å². The molecule has 4 N–H and O–H groups in total. The Morgan fingerprint density at radius 2 is 1.89 bits per heavy atom. The van der Waals surface area contributed by atoms with Crippen LogP contribution >= 0.6 is 12.4 Å². The number of benzene rings is 1. The molecule has 154 valence electrons. The number of halogens is 1. The van der Waals surface area contributed by atoms with E-state index in [1.54, 1.807) is 18.2 Å². The molecular formula is C20H33ClN2O4. The van der Waals surface area contributed by atoms with Crippen LogP contribution in [0.25, 0.3) is 0 Å². The summed E-state index contributed by atoms with van der Waals surface area (Å²) in [6, 6.07) is 4.67. The zero-order valence-electron chi connectivity index (χ0n) is 16.3. The number of rotatable bonds is 9. The highest BCUT2D eigenvalue weighted by atomic mass is 35.5. The lowest BCUT2D eigenvalue weighted by Gasteiger charge is -2.26. The molecule has 1 saturated carbocycles. The van der Waals surface area contributed by atoms with E-state index in [4.69, 9.17) is 15.2 Å². The first kappa shape index (κ1) is 23.5. The lowest BCUT2D eigenvalue weighted by molar-refractivity contribution is -0.125. The topological polar surface area (TPSA) is 93.8 Å². The van der Waals surface area contributed by atoms with E-state index in [0.29, 0.717) is 42.7 Å². The quantitative estimate of drug-likeness (QED) is 0.589. The van der Waals surface area contributed by atoms with Gasteiger partial charge in [-0.05, 0) is 38.3 Å². The van der Waals surface area contributed by atoms with E-state index < -0.39 is 18.1 Å². The van der Waals surface area contributed by atoms with Crippen molar-refractivity contribution in [1.29, 1.82) is 0 Å². The van der Waals surface area contributed by atoms with Gasteiger partial charge in [-0.1, -0.05) is 32.1 Å². The summed E-state index contributed by atoms with van der Waals surface area (Å²) in [5, 5.41) is 13.1. The summed E-state index contributed by atoms with van der Waals surface area (Å²) in [5.74, 6) is 1.16. The first-order valence-corrected chi connectivity index (χ1v) is 9.69. The zero-order chi connectivity index (χ0) is 18.9. The molecule has 2 unspecified atom stereocenters. The van der Waals surface area contributed by atoms with Crippen molar-refractivity contribution in [3.05, 3.63) is 18.2 Å². The molecule has 0 heterocycles. The van der Waals surface area contributed by atoms with Gasteiger partial charge in [-0.15, -0.1) is 12.4 Å². The Kier molecular flexibility index (Phi) is 10.5. The third kappa shape index (κ3) is 7.20. The Balaban J connectivity index is 0.00000364. The highest BCUT2D eigenvalue weighted by molar-refractivity contribution is 5.96. The number of anilines is 1. The first-order chi connectivity index (χ1) is 12.5. The summed E-state index contributed by atoms with van der Waals surface area (Å²) >= 11 is 0. The monoisotopic (exact) mass is 400 g/mol. The Bertz CT molecular complexity index is 579. The number of nitrogens with two attached hydrogens (primary N) is 1. The molecule has 1 aliphatic carbocycles. The van der Waals surface area contributed by atoms with E-state index in [1.165, 1.54) is 19.3 Å². The van der Waals surface area contributed by atoms with E-state index in [0.717, 1.165) is 12.8 Å². The minimum atomic E-state index is -1.25. The molecule has 7 heteroatoms. The van der Waals surface area contributed by atoms with Crippen LogP contribution in [0.4, 0.5) is 5.69 Å². The number of carbonyl (C=O) groups excluding carboxylic acids is 1. The zero-order valence-corrected chi connectivity index (χ0v) is 17.1. The third-order valence-electron chi connectivity index (χ3n) is 4.82. The normalized spacial score (nSPS) is 16.7. The summed E-state index contributed by atoms with van der Waals surface area (Å²) in [5.41, 5.74) is 6.59. The van der Waals surface area contributed by atoms with Crippen LogP contribution in [0.1, 0.15) is 52.4 Å². The smallest absolute Gasteiger partial charge is 0.254 e. The van der Waals surface area contributed by atoms with Crippen molar-refractivity contribution < 1.29 is 19.4 Å². The van der Waals surface area contributed by atoms with Crippen molar-refractivity contribution in [3.8, 4) is 11.5 Å². The minimum absolute atomic E-state index is 0. The molecule has 6 nitrogen and oxygen atoms in total. The van der Waals surface area contributed by atoms with Crippen LogP contribution in [0, 0.1) is 5.92 Å². The van der Waals surface area contributed by atoms with Gasteiger partial charge < -0.3 is 25.6 Å². The van der Waals surface area contributed by atoms with Crippen molar-refractivity contribution in [2.75, 3.05) is 18.5 Å². The van der Waals surface area contributed by atoms with Crippen molar-refractivity contribution >= 4 is 24.0 Å². The molecule has 0 saturated heterocycles. The lowest BCUT2D eigenvalue weighted by atomic mass is 9.84. The van der Waals surface area contributed by atoms with E-state index in [1.807, 2.05) is 13.8 Å². The molecule has 1 fully saturated rings. The van der Waals surface area contributed by atoms with E-state index in [2.05, 4.69) is 5.32 Å². The van der Waals surface area contributed by atoms with Gasteiger partial charge in [-0.2, -0.15) is 0 Å². The van der Waals surface area contributed by atoms with Crippen LogP contribution in [0.5, 0.6) is 11.5 Å². The third-order valence-corrected chi connectivity index (χ3v) is 4.82. The Labute approximate surface area is 168 Å². The van der Waals surface area contributed by atoms with Gasteiger partial charge in [0.25, 0.3) is 5.91 Å². The lowest BCUT2D eigenvalue weighted by Crippen LogP contribution is -2.44. The molecule has 0 bridgehead atoms. The van der Waals surface area contributed by atoms with Gasteiger partial charge in [0, 0.05) is 12.1 Å². The summed E-state index contributed by atoms with van der Waals surface area (Å²) < 4.78 is 11.0. The number of amides is 1. The van der Waals surface area contributed by atoms with Crippen molar-refractivity contribution in [1.82, 2.24) is 0 Å². The average molecular weight is 401 g/mol. The fourth-order valence-corrected chi connectivity index (χ4v) is 3.48. The first-order valence-electron chi connectivity index (χ1n) is 9.69. The molecule has 2 atom stereocenters. The van der Waals surface area contributed by atoms with Gasteiger partial charge in [0.15, 0.2) is 0 Å². The molecule has 27 heavy (non-hydrogen) atoms. The molecule has 0 radical (unpaired) electrons. The predicted octanol–water partition coefficient (Wildman–Crippen LogP) is 3.50. The number of hydrogen-bond donors (Lipinski definition) is 3. The fourth-order valence-electron chi connectivity index (χ4n) is 3.48. The number of hydrogen-bond acceptors (Lipinski definition) is 5. The van der Waals surface area contributed by atoms with E-state index in [-0.39, 0.29) is 12.4 Å². The average Bonchev–Trinajstić information content (AvgIpc) is 2.64. The van der Waals surface area contributed by atoms with E-state index in [9.17, 15) is 9.90 Å². The summed E-state index contributed by atoms with van der Waals surface area (Å²) in [6.45, 7) is 4.76. The number of nitrogens with one attached hydrogen (secondary N) is 1. The molecule has 2 rings (SSSR count). The van der Waals surface area contributed by atoms with Crippen LogP contribution in [-0.4, -0.2) is 36.4 Å². The van der Waals surface area contributed by atoms with Gasteiger partial charge in [-0.3, -0.25) is 4.79 Å².